The Morgan fingerprint density at radius 1 is 0.329 bits per heavy atom. The molecule has 1 heterocycles. The Balaban J connectivity index is 0.988. The van der Waals surface area contributed by atoms with Crippen LogP contribution in [-0.4, -0.2) is 0 Å². The van der Waals surface area contributed by atoms with Crippen LogP contribution in [0.25, 0.3) is 77.2 Å². The van der Waals surface area contributed by atoms with Crippen molar-refractivity contribution in [2.45, 2.75) is 43.9 Å². The fourth-order valence-corrected chi connectivity index (χ4v) is 13.7. The molecule has 3 aliphatic rings. The summed E-state index contributed by atoms with van der Waals surface area (Å²) in [5.41, 5.74) is 24.7. The van der Waals surface area contributed by atoms with Gasteiger partial charge in [0.1, 0.15) is 11.2 Å². The normalized spacial score (nSPS) is 14.9. The molecule has 0 aliphatic heterocycles. The van der Waals surface area contributed by atoms with Crippen molar-refractivity contribution in [2.24, 2.45) is 0 Å². The predicted octanol–water partition coefficient (Wildman–Crippen LogP) is 18.9. The number of benzene rings is 11. The molecule has 0 radical (unpaired) electrons. The van der Waals surface area contributed by atoms with E-state index in [1.807, 2.05) is 0 Å². The predicted molar refractivity (Wildman–Crippen MR) is 304 cm³/mol. The Bertz CT molecular complexity index is 4230. The van der Waals surface area contributed by atoms with E-state index in [9.17, 15) is 0 Å². The van der Waals surface area contributed by atoms with Crippen LogP contribution in [0.15, 0.2) is 241 Å². The van der Waals surface area contributed by atoms with E-state index in [0.717, 1.165) is 39.0 Å². The van der Waals surface area contributed by atoms with Crippen LogP contribution in [-0.2, 0) is 16.2 Å². The third-order valence-corrected chi connectivity index (χ3v) is 17.1. The van der Waals surface area contributed by atoms with E-state index in [-0.39, 0.29) is 10.8 Å². The number of rotatable bonds is 6. The molecule has 15 rings (SSSR count). The van der Waals surface area contributed by atoms with E-state index < -0.39 is 5.41 Å². The molecule has 0 atom stereocenters. The third kappa shape index (κ3) is 5.75. The summed E-state index contributed by atoms with van der Waals surface area (Å²) < 4.78 is 6.48. The second-order valence-corrected chi connectivity index (χ2v) is 21.6. The first-order valence-corrected chi connectivity index (χ1v) is 25.7. The molecular formula is C71H51NO. The zero-order valence-electron chi connectivity index (χ0n) is 41.4. The molecule has 0 unspecified atom stereocenters. The Morgan fingerprint density at radius 2 is 0.904 bits per heavy atom. The molecule has 0 amide bonds. The number of anilines is 3. The van der Waals surface area contributed by atoms with Gasteiger partial charge in [0.25, 0.3) is 0 Å². The summed E-state index contributed by atoms with van der Waals surface area (Å²) in [4.78, 5) is 2.59. The lowest BCUT2D eigenvalue weighted by Gasteiger charge is -2.35. The van der Waals surface area contributed by atoms with Gasteiger partial charge < -0.3 is 9.32 Å². The van der Waals surface area contributed by atoms with Crippen LogP contribution in [0, 0.1) is 0 Å². The van der Waals surface area contributed by atoms with Gasteiger partial charge in [-0.2, -0.15) is 0 Å². The molecule has 0 spiro atoms. The summed E-state index contributed by atoms with van der Waals surface area (Å²) in [6.45, 7) is 9.55. The second kappa shape index (κ2) is 15.2. The zero-order chi connectivity index (χ0) is 48.8. The summed E-state index contributed by atoms with van der Waals surface area (Å²) in [5, 5.41) is 4.84. The van der Waals surface area contributed by atoms with Gasteiger partial charge in [-0.15, -0.1) is 0 Å². The SMILES string of the molecule is CC1(C)c2cc(-c3ccccc3N(c3ccc4c(c3)C(c3ccccc3)(c3ccccc3)c3ccccc3-4)c3cccc4c3-c3cc5ccccc5cc3C4(C)C)ccc2-c2cc3c(cc21)oc1ccccc13. The van der Waals surface area contributed by atoms with E-state index in [1.54, 1.807) is 0 Å². The average Bonchev–Trinajstić information content (AvgIpc) is 4.10. The molecule has 11 aromatic carbocycles. The van der Waals surface area contributed by atoms with Crippen LogP contribution in [0.5, 0.6) is 0 Å². The minimum Gasteiger partial charge on any atom is -0.456 e. The summed E-state index contributed by atoms with van der Waals surface area (Å²) in [6, 6.07) is 88.8. The van der Waals surface area contributed by atoms with Gasteiger partial charge in [-0.3, -0.25) is 0 Å². The maximum absolute atomic E-state index is 6.48. The summed E-state index contributed by atoms with van der Waals surface area (Å²) >= 11 is 0. The Hall–Kier alpha value is -8.72. The largest absolute Gasteiger partial charge is 0.456 e. The lowest BCUT2D eigenvalue weighted by atomic mass is 9.67. The maximum Gasteiger partial charge on any atom is 0.135 e. The van der Waals surface area contributed by atoms with Crippen molar-refractivity contribution >= 4 is 49.8 Å². The Morgan fingerprint density at radius 3 is 1.70 bits per heavy atom. The van der Waals surface area contributed by atoms with Crippen molar-refractivity contribution in [2.75, 3.05) is 4.90 Å². The van der Waals surface area contributed by atoms with Crippen molar-refractivity contribution in [1.82, 2.24) is 0 Å². The third-order valence-electron chi connectivity index (χ3n) is 17.1. The van der Waals surface area contributed by atoms with Crippen LogP contribution < -0.4 is 4.90 Å². The topological polar surface area (TPSA) is 16.4 Å². The molecule has 2 nitrogen and oxygen atoms in total. The highest BCUT2D eigenvalue weighted by molar-refractivity contribution is 6.08. The maximum atomic E-state index is 6.48. The molecule has 0 saturated heterocycles. The van der Waals surface area contributed by atoms with Gasteiger partial charge in [-0.25, -0.2) is 0 Å². The highest BCUT2D eigenvalue weighted by Gasteiger charge is 2.47. The van der Waals surface area contributed by atoms with Crippen molar-refractivity contribution in [1.29, 1.82) is 0 Å². The quantitative estimate of drug-likeness (QED) is 0.165. The minimum atomic E-state index is -0.560. The summed E-state index contributed by atoms with van der Waals surface area (Å²) in [6.07, 6.45) is 0. The smallest absolute Gasteiger partial charge is 0.135 e. The first kappa shape index (κ1) is 42.0. The van der Waals surface area contributed by atoms with Crippen molar-refractivity contribution in [3.05, 3.63) is 281 Å². The Labute approximate surface area is 426 Å². The van der Waals surface area contributed by atoms with Gasteiger partial charge in [0.2, 0.25) is 0 Å². The Kier molecular flexibility index (Phi) is 8.72. The minimum absolute atomic E-state index is 0.223. The van der Waals surface area contributed by atoms with Crippen LogP contribution in [0.4, 0.5) is 17.1 Å². The molecule has 2 heteroatoms. The number of hydrogen-bond acceptors (Lipinski definition) is 2. The van der Waals surface area contributed by atoms with Crippen LogP contribution in [0.3, 0.4) is 0 Å². The second-order valence-electron chi connectivity index (χ2n) is 21.6. The first-order valence-electron chi connectivity index (χ1n) is 25.7. The molecule has 3 aliphatic carbocycles. The number of furan rings is 1. The van der Waals surface area contributed by atoms with Crippen LogP contribution >= 0.6 is 0 Å². The number of fused-ring (bicyclic) bond motifs is 13. The van der Waals surface area contributed by atoms with Crippen molar-refractivity contribution in [3.63, 3.8) is 0 Å². The molecular weight excluding hydrogens is 883 g/mol. The van der Waals surface area contributed by atoms with E-state index in [0.29, 0.717) is 0 Å². The monoisotopic (exact) mass is 933 g/mol. The van der Waals surface area contributed by atoms with Gasteiger partial charge >= 0.3 is 0 Å². The molecule has 0 saturated carbocycles. The summed E-state index contributed by atoms with van der Waals surface area (Å²) in [7, 11) is 0. The van der Waals surface area contributed by atoms with E-state index in [1.165, 1.54) is 99.8 Å². The standard InChI is InChI=1S/C71H51NO/c1-69(2)59-30-19-32-65(68(59)57-38-44-20-11-12-21-45(44)39-61(57)69)72(49-35-37-52-51-27-13-16-29-58(51)71(63(52)41-49,47-22-7-5-8-23-47)48-24-9-6-10-25-48)64-31-17-14-26-50(64)46-34-36-53-55-42-56-54-28-15-18-33-66(54)73-67(56)43-62(55)70(3,4)60(53)40-46/h5-43H,1-4H3. The highest BCUT2D eigenvalue weighted by atomic mass is 16.3. The van der Waals surface area contributed by atoms with E-state index in [4.69, 9.17) is 4.42 Å². The zero-order valence-corrected chi connectivity index (χ0v) is 41.4. The first-order chi connectivity index (χ1) is 35.7. The van der Waals surface area contributed by atoms with E-state index in [2.05, 4.69) is 269 Å². The summed E-state index contributed by atoms with van der Waals surface area (Å²) in [5.74, 6) is 0. The van der Waals surface area contributed by atoms with E-state index >= 15 is 0 Å². The van der Waals surface area contributed by atoms with Gasteiger partial charge in [-0.1, -0.05) is 204 Å². The molecule has 12 aromatic rings. The van der Waals surface area contributed by atoms with Crippen LogP contribution in [0.2, 0.25) is 0 Å². The van der Waals surface area contributed by atoms with Crippen molar-refractivity contribution < 1.29 is 4.42 Å². The lowest BCUT2D eigenvalue weighted by Crippen LogP contribution is -2.28. The van der Waals surface area contributed by atoms with Gasteiger partial charge in [0.05, 0.1) is 16.8 Å². The molecule has 73 heavy (non-hydrogen) atoms. The van der Waals surface area contributed by atoms with Gasteiger partial charge in [0.15, 0.2) is 0 Å². The molecule has 346 valence electrons. The van der Waals surface area contributed by atoms with Crippen molar-refractivity contribution in [3.8, 4) is 44.5 Å². The van der Waals surface area contributed by atoms with Crippen LogP contribution in [0.1, 0.15) is 72.2 Å². The molecule has 0 fully saturated rings. The van der Waals surface area contributed by atoms with Gasteiger partial charge in [-0.05, 0) is 149 Å². The highest BCUT2D eigenvalue weighted by Crippen LogP contribution is 2.60. The fraction of sp³-hybridized carbons (Fsp3) is 0.0986. The number of nitrogens with zero attached hydrogens (tertiary/aromatic N) is 1. The van der Waals surface area contributed by atoms with Gasteiger partial charge in [0, 0.05) is 38.4 Å². The number of hydrogen-bond donors (Lipinski definition) is 0. The number of para-hydroxylation sites is 2. The molecule has 0 bridgehead atoms. The lowest BCUT2D eigenvalue weighted by molar-refractivity contribution is 0.647. The molecule has 1 aromatic heterocycles. The fourth-order valence-electron chi connectivity index (χ4n) is 13.7. The average molecular weight is 934 g/mol. The molecule has 0 N–H and O–H groups in total.